The molecule has 0 fully saturated rings. The topological polar surface area (TPSA) is 70.6 Å². The Morgan fingerprint density at radius 1 is 0.969 bits per heavy atom. The quantitative estimate of drug-likeness (QED) is 0.332. The van der Waals surface area contributed by atoms with Crippen LogP contribution in [-0.2, 0) is 10.5 Å². The Morgan fingerprint density at radius 2 is 1.69 bits per heavy atom. The highest BCUT2D eigenvalue weighted by Gasteiger charge is 2.08. The average molecular weight is 466 g/mol. The van der Waals surface area contributed by atoms with E-state index in [0.717, 1.165) is 11.3 Å². The molecular formula is C25H24ClN3O2S. The lowest BCUT2D eigenvalue weighted by Crippen LogP contribution is -2.21. The lowest BCUT2D eigenvalue weighted by Gasteiger charge is -2.08. The predicted octanol–water partition coefficient (Wildman–Crippen LogP) is 5.67. The smallest absolute Gasteiger partial charge is 0.255 e. The highest BCUT2D eigenvalue weighted by Crippen LogP contribution is 2.16. The van der Waals surface area contributed by atoms with Gasteiger partial charge in [-0.15, -0.1) is 11.8 Å². The summed E-state index contributed by atoms with van der Waals surface area (Å²) in [6, 6.07) is 22.3. The maximum absolute atomic E-state index is 12.4. The van der Waals surface area contributed by atoms with E-state index in [4.69, 9.17) is 11.6 Å². The molecule has 2 N–H and O–H groups in total. The molecule has 3 rings (SSSR count). The van der Waals surface area contributed by atoms with Crippen LogP contribution in [0, 0.1) is 6.92 Å². The number of carbonyl (C=O) groups excluding carboxylic acids is 2. The summed E-state index contributed by atoms with van der Waals surface area (Å²) in [7, 11) is 0. The van der Waals surface area contributed by atoms with E-state index in [0.29, 0.717) is 27.7 Å². The molecule has 0 spiro atoms. The zero-order valence-corrected chi connectivity index (χ0v) is 19.5. The van der Waals surface area contributed by atoms with Crippen LogP contribution in [0.2, 0.25) is 5.02 Å². The van der Waals surface area contributed by atoms with E-state index < -0.39 is 0 Å². The number of carbonyl (C=O) groups is 2. The van der Waals surface area contributed by atoms with Crippen LogP contribution in [0.15, 0.2) is 77.9 Å². The minimum Gasteiger partial charge on any atom is -0.322 e. The number of hydrazone groups is 1. The van der Waals surface area contributed by atoms with Gasteiger partial charge in [-0.1, -0.05) is 59.6 Å². The van der Waals surface area contributed by atoms with E-state index in [1.54, 1.807) is 43.3 Å². The number of aryl methyl sites for hydroxylation is 1. The van der Waals surface area contributed by atoms with E-state index in [1.807, 2.05) is 19.1 Å². The summed E-state index contributed by atoms with van der Waals surface area (Å²) >= 11 is 7.49. The van der Waals surface area contributed by atoms with Crippen LogP contribution in [0.25, 0.3) is 0 Å². The molecule has 0 saturated heterocycles. The second-order valence-electron chi connectivity index (χ2n) is 7.26. The summed E-state index contributed by atoms with van der Waals surface area (Å²) in [6.07, 6.45) is 0. The zero-order valence-electron chi connectivity index (χ0n) is 17.9. The van der Waals surface area contributed by atoms with Crippen molar-refractivity contribution in [3.05, 3.63) is 100 Å². The summed E-state index contributed by atoms with van der Waals surface area (Å²) in [6.45, 7) is 3.85. The number of benzene rings is 3. The van der Waals surface area contributed by atoms with Crippen molar-refractivity contribution >= 4 is 46.6 Å². The minimum absolute atomic E-state index is 0.160. The Balaban J connectivity index is 1.52. The summed E-state index contributed by atoms with van der Waals surface area (Å²) in [5, 5.41) is 7.55. The number of nitrogens with zero attached hydrogens (tertiary/aromatic N) is 1. The second-order valence-corrected chi connectivity index (χ2v) is 8.68. The van der Waals surface area contributed by atoms with Crippen LogP contribution >= 0.6 is 23.4 Å². The summed E-state index contributed by atoms with van der Waals surface area (Å²) < 4.78 is 0. The molecule has 0 saturated carbocycles. The second kappa shape index (κ2) is 11.5. The first-order chi connectivity index (χ1) is 15.4. The highest BCUT2D eigenvalue weighted by molar-refractivity contribution is 7.99. The highest BCUT2D eigenvalue weighted by atomic mass is 35.5. The van der Waals surface area contributed by atoms with Gasteiger partial charge < -0.3 is 5.32 Å². The van der Waals surface area contributed by atoms with Crippen molar-refractivity contribution in [1.82, 2.24) is 5.43 Å². The van der Waals surface area contributed by atoms with Crippen molar-refractivity contribution in [2.24, 2.45) is 5.10 Å². The Kier molecular flexibility index (Phi) is 8.48. The van der Waals surface area contributed by atoms with Crippen molar-refractivity contribution in [2.45, 2.75) is 19.6 Å². The van der Waals surface area contributed by atoms with Gasteiger partial charge in [0.1, 0.15) is 0 Å². The van der Waals surface area contributed by atoms with E-state index in [1.165, 1.54) is 22.9 Å². The third-order valence-corrected chi connectivity index (χ3v) is 5.83. The monoisotopic (exact) mass is 465 g/mol. The van der Waals surface area contributed by atoms with Gasteiger partial charge in [0.05, 0.1) is 11.5 Å². The van der Waals surface area contributed by atoms with E-state index in [2.05, 4.69) is 40.1 Å². The molecule has 0 radical (unpaired) electrons. The number of hydrogen-bond donors (Lipinski definition) is 2. The van der Waals surface area contributed by atoms with Crippen LogP contribution in [-0.4, -0.2) is 23.3 Å². The molecule has 0 aliphatic carbocycles. The first-order valence-corrected chi connectivity index (χ1v) is 11.6. The SMILES string of the molecule is C/C(=N/NC(=O)CSCc1ccc(C)cc1)c1cccc(NC(=O)c2cccc(Cl)c2)c1. The molecule has 0 heterocycles. The van der Waals surface area contributed by atoms with Crippen LogP contribution in [0.3, 0.4) is 0 Å². The standard InChI is InChI=1S/C25H24ClN3O2S/c1-17-9-11-19(12-10-17)15-32-16-24(30)29-28-18(2)20-5-4-8-23(14-20)27-25(31)21-6-3-7-22(26)13-21/h3-14H,15-16H2,1-2H3,(H,27,31)(H,29,30)/b28-18-. The molecule has 3 aromatic carbocycles. The van der Waals surface area contributed by atoms with Gasteiger partial charge in [-0.3, -0.25) is 9.59 Å². The Hall–Kier alpha value is -3.09. The number of thioether (sulfide) groups is 1. The predicted molar refractivity (Wildman–Crippen MR) is 134 cm³/mol. The largest absolute Gasteiger partial charge is 0.322 e. The van der Waals surface area contributed by atoms with Crippen molar-refractivity contribution in [1.29, 1.82) is 0 Å². The van der Waals surface area contributed by atoms with Gasteiger partial charge in [-0.25, -0.2) is 5.43 Å². The van der Waals surface area contributed by atoms with Gasteiger partial charge in [0, 0.05) is 22.0 Å². The van der Waals surface area contributed by atoms with Crippen molar-refractivity contribution in [2.75, 3.05) is 11.1 Å². The molecule has 2 amide bonds. The van der Waals surface area contributed by atoms with Gasteiger partial charge in [0.2, 0.25) is 5.91 Å². The zero-order chi connectivity index (χ0) is 22.9. The molecule has 0 unspecified atom stereocenters. The molecule has 3 aromatic rings. The number of amides is 2. The average Bonchev–Trinajstić information content (AvgIpc) is 2.79. The molecule has 0 atom stereocenters. The van der Waals surface area contributed by atoms with Gasteiger partial charge >= 0.3 is 0 Å². The van der Waals surface area contributed by atoms with E-state index in [-0.39, 0.29) is 11.8 Å². The maximum atomic E-state index is 12.4. The molecule has 7 heteroatoms. The van der Waals surface area contributed by atoms with Crippen LogP contribution < -0.4 is 10.7 Å². The molecule has 5 nitrogen and oxygen atoms in total. The molecular weight excluding hydrogens is 442 g/mol. The first kappa shape index (κ1) is 23.6. The van der Waals surface area contributed by atoms with Crippen LogP contribution in [0.4, 0.5) is 5.69 Å². The van der Waals surface area contributed by atoms with Crippen molar-refractivity contribution < 1.29 is 9.59 Å². The molecule has 0 aromatic heterocycles. The van der Waals surface area contributed by atoms with Gasteiger partial charge in [-0.2, -0.15) is 5.10 Å². The van der Waals surface area contributed by atoms with Crippen LogP contribution in [0.1, 0.15) is 34.0 Å². The van der Waals surface area contributed by atoms with Gasteiger partial charge in [0.25, 0.3) is 5.91 Å². The number of anilines is 1. The summed E-state index contributed by atoms with van der Waals surface area (Å²) in [4.78, 5) is 24.5. The fraction of sp³-hybridized carbons (Fsp3) is 0.160. The number of halogens is 1. The summed E-state index contributed by atoms with van der Waals surface area (Å²) in [5.41, 5.74) is 7.53. The first-order valence-electron chi connectivity index (χ1n) is 10.0. The number of rotatable bonds is 8. The molecule has 0 aliphatic rings. The number of hydrogen-bond acceptors (Lipinski definition) is 4. The summed E-state index contributed by atoms with van der Waals surface area (Å²) in [5.74, 6) is 0.676. The van der Waals surface area contributed by atoms with Crippen LogP contribution in [0.5, 0.6) is 0 Å². The molecule has 0 aliphatic heterocycles. The van der Waals surface area contributed by atoms with Crippen molar-refractivity contribution in [3.63, 3.8) is 0 Å². The fourth-order valence-electron chi connectivity index (χ4n) is 2.84. The lowest BCUT2D eigenvalue weighted by molar-refractivity contribution is -0.118. The normalized spacial score (nSPS) is 11.2. The Morgan fingerprint density at radius 3 is 2.44 bits per heavy atom. The fourth-order valence-corrected chi connectivity index (χ4v) is 3.81. The van der Waals surface area contributed by atoms with Crippen molar-refractivity contribution in [3.8, 4) is 0 Å². The van der Waals surface area contributed by atoms with Gasteiger partial charge in [0.15, 0.2) is 0 Å². The third-order valence-electron chi connectivity index (χ3n) is 4.60. The Bertz CT molecular complexity index is 1130. The van der Waals surface area contributed by atoms with Gasteiger partial charge in [-0.05, 0) is 55.3 Å². The Labute approximate surface area is 197 Å². The molecule has 164 valence electrons. The lowest BCUT2D eigenvalue weighted by atomic mass is 10.1. The van der Waals surface area contributed by atoms with E-state index >= 15 is 0 Å². The molecule has 32 heavy (non-hydrogen) atoms. The van der Waals surface area contributed by atoms with E-state index in [9.17, 15) is 9.59 Å². The maximum Gasteiger partial charge on any atom is 0.255 e. The molecule has 0 bridgehead atoms. The minimum atomic E-state index is -0.252. The third kappa shape index (κ3) is 7.25. The number of nitrogens with one attached hydrogen (secondary N) is 2.